The van der Waals surface area contributed by atoms with Crippen LogP contribution in [0.4, 0.5) is 0 Å². The van der Waals surface area contributed by atoms with Gasteiger partial charge in [0.2, 0.25) is 0 Å². The smallest absolute Gasteiger partial charge is 0.0295 e. The normalized spacial score (nSPS) is 30.9. The fourth-order valence-electron chi connectivity index (χ4n) is 3.48. The molecule has 75 valence electrons. The van der Waals surface area contributed by atoms with Crippen LogP contribution in [-0.4, -0.2) is 0 Å². The molecule has 0 heterocycles. The molecule has 0 bridgehead atoms. The van der Waals surface area contributed by atoms with Crippen molar-refractivity contribution < 1.29 is 0 Å². The Bertz CT molecular complexity index is 159. The average molecular weight is 179 g/mol. The Morgan fingerprint density at radius 1 is 1.08 bits per heavy atom. The van der Waals surface area contributed by atoms with Gasteiger partial charge in [0.05, 0.1) is 0 Å². The molecule has 0 aromatic carbocycles. The van der Waals surface area contributed by atoms with E-state index >= 15 is 0 Å². The minimum Gasteiger partial charge on any atom is -0.0594 e. The quantitative estimate of drug-likeness (QED) is 0.595. The van der Waals surface area contributed by atoms with Crippen LogP contribution < -0.4 is 0 Å². The molecule has 13 heavy (non-hydrogen) atoms. The van der Waals surface area contributed by atoms with Crippen molar-refractivity contribution in [2.24, 2.45) is 17.3 Å². The Balaban J connectivity index is 1.97. The summed E-state index contributed by atoms with van der Waals surface area (Å²) in [4.78, 5) is 0. The second-order valence-electron chi connectivity index (χ2n) is 5.51. The fourth-order valence-corrected chi connectivity index (χ4v) is 3.48. The first-order chi connectivity index (χ1) is 6.22. The van der Waals surface area contributed by atoms with Crippen molar-refractivity contribution in [1.29, 1.82) is 0 Å². The lowest BCUT2D eigenvalue weighted by atomic mass is 9.70. The highest BCUT2D eigenvalue weighted by atomic mass is 14.4. The molecule has 0 aromatic heterocycles. The Morgan fingerprint density at radius 2 is 1.62 bits per heavy atom. The number of rotatable bonds is 2. The molecule has 0 aromatic rings. The van der Waals surface area contributed by atoms with Crippen molar-refractivity contribution in [3.05, 3.63) is 6.92 Å². The summed E-state index contributed by atoms with van der Waals surface area (Å²) in [6, 6.07) is 0. The van der Waals surface area contributed by atoms with E-state index in [0.29, 0.717) is 5.41 Å². The monoisotopic (exact) mass is 179 g/mol. The van der Waals surface area contributed by atoms with Gasteiger partial charge in [0.25, 0.3) is 0 Å². The molecule has 1 radical (unpaired) electrons. The van der Waals surface area contributed by atoms with Gasteiger partial charge in [-0.2, -0.15) is 0 Å². The second kappa shape index (κ2) is 3.63. The van der Waals surface area contributed by atoms with Crippen LogP contribution in [0.25, 0.3) is 0 Å². The molecule has 0 N–H and O–H groups in total. The van der Waals surface area contributed by atoms with Gasteiger partial charge in [0.15, 0.2) is 0 Å². The van der Waals surface area contributed by atoms with Crippen LogP contribution in [0.15, 0.2) is 0 Å². The van der Waals surface area contributed by atoms with Crippen LogP contribution in [0.2, 0.25) is 0 Å². The zero-order chi connectivity index (χ0) is 9.31. The van der Waals surface area contributed by atoms with E-state index in [0.717, 1.165) is 11.8 Å². The van der Waals surface area contributed by atoms with Gasteiger partial charge in [-0.1, -0.05) is 45.4 Å². The van der Waals surface area contributed by atoms with Crippen molar-refractivity contribution in [2.45, 2.75) is 58.3 Å². The zero-order valence-electron chi connectivity index (χ0n) is 9.02. The molecule has 0 spiro atoms. The van der Waals surface area contributed by atoms with Gasteiger partial charge in [0, 0.05) is 0 Å². The van der Waals surface area contributed by atoms with Crippen molar-refractivity contribution in [3.8, 4) is 0 Å². The van der Waals surface area contributed by atoms with Crippen LogP contribution in [0.1, 0.15) is 58.3 Å². The number of hydrogen-bond donors (Lipinski definition) is 0. The highest BCUT2D eigenvalue weighted by Crippen LogP contribution is 2.49. The van der Waals surface area contributed by atoms with Crippen molar-refractivity contribution in [2.75, 3.05) is 0 Å². The molecule has 0 aliphatic heterocycles. The van der Waals surface area contributed by atoms with Gasteiger partial charge in [-0.05, 0) is 37.0 Å². The third-order valence-corrected chi connectivity index (χ3v) is 4.61. The highest BCUT2D eigenvalue weighted by molar-refractivity contribution is 4.92. The zero-order valence-corrected chi connectivity index (χ0v) is 9.02. The molecule has 2 saturated carbocycles. The molecule has 2 rings (SSSR count). The Labute approximate surface area is 83.1 Å². The van der Waals surface area contributed by atoms with E-state index < -0.39 is 0 Å². The second-order valence-corrected chi connectivity index (χ2v) is 5.51. The van der Waals surface area contributed by atoms with Gasteiger partial charge in [-0.3, -0.25) is 0 Å². The van der Waals surface area contributed by atoms with E-state index in [1.807, 2.05) is 0 Å². The Kier molecular flexibility index (Phi) is 2.67. The molecular weight excluding hydrogens is 156 g/mol. The van der Waals surface area contributed by atoms with Gasteiger partial charge in [-0.25, -0.2) is 0 Å². The molecule has 2 fully saturated rings. The molecule has 0 amide bonds. The highest BCUT2D eigenvalue weighted by Gasteiger charge is 2.38. The maximum absolute atomic E-state index is 4.47. The minimum atomic E-state index is 0.606. The SMILES string of the molecule is [CH2]C(C1CCCC1)C1(C)CCCC1. The lowest BCUT2D eigenvalue weighted by Crippen LogP contribution is -2.27. The van der Waals surface area contributed by atoms with Crippen molar-refractivity contribution in [3.63, 3.8) is 0 Å². The van der Waals surface area contributed by atoms with E-state index in [1.165, 1.54) is 51.4 Å². The van der Waals surface area contributed by atoms with Crippen LogP contribution in [0.3, 0.4) is 0 Å². The summed E-state index contributed by atoms with van der Waals surface area (Å²) < 4.78 is 0. The van der Waals surface area contributed by atoms with Crippen molar-refractivity contribution >= 4 is 0 Å². The maximum Gasteiger partial charge on any atom is -0.0295 e. The molecule has 1 unspecified atom stereocenters. The van der Waals surface area contributed by atoms with Crippen LogP contribution in [-0.2, 0) is 0 Å². The van der Waals surface area contributed by atoms with E-state index in [4.69, 9.17) is 0 Å². The third kappa shape index (κ3) is 1.78. The lowest BCUT2D eigenvalue weighted by molar-refractivity contribution is 0.167. The summed E-state index contributed by atoms with van der Waals surface area (Å²) in [5.74, 6) is 1.71. The summed E-state index contributed by atoms with van der Waals surface area (Å²) in [6.45, 7) is 6.96. The summed E-state index contributed by atoms with van der Waals surface area (Å²) in [5, 5.41) is 0. The molecule has 0 saturated heterocycles. The first-order valence-corrected chi connectivity index (χ1v) is 6.05. The summed E-state index contributed by atoms with van der Waals surface area (Å²) in [5.41, 5.74) is 0.606. The maximum atomic E-state index is 4.47. The van der Waals surface area contributed by atoms with Gasteiger partial charge in [0.1, 0.15) is 0 Å². The number of hydrogen-bond acceptors (Lipinski definition) is 0. The average Bonchev–Trinajstić information content (AvgIpc) is 2.73. The topological polar surface area (TPSA) is 0 Å². The third-order valence-electron chi connectivity index (χ3n) is 4.61. The predicted octanol–water partition coefficient (Wildman–Crippen LogP) is 4.21. The molecule has 0 heteroatoms. The Morgan fingerprint density at radius 3 is 2.15 bits per heavy atom. The summed E-state index contributed by atoms with van der Waals surface area (Å²) in [7, 11) is 0. The molecule has 2 aliphatic carbocycles. The van der Waals surface area contributed by atoms with Crippen LogP contribution in [0.5, 0.6) is 0 Å². The minimum absolute atomic E-state index is 0.606. The molecule has 2 aliphatic rings. The predicted molar refractivity (Wildman–Crippen MR) is 57.4 cm³/mol. The largest absolute Gasteiger partial charge is 0.0594 e. The van der Waals surface area contributed by atoms with Gasteiger partial charge >= 0.3 is 0 Å². The summed E-state index contributed by atoms with van der Waals surface area (Å²) in [6.07, 6.45) is 11.6. The lowest BCUT2D eigenvalue weighted by Gasteiger charge is -2.35. The van der Waals surface area contributed by atoms with E-state index in [-0.39, 0.29) is 0 Å². The van der Waals surface area contributed by atoms with Gasteiger partial charge < -0.3 is 0 Å². The Hall–Kier alpha value is 0. The van der Waals surface area contributed by atoms with E-state index in [9.17, 15) is 0 Å². The van der Waals surface area contributed by atoms with E-state index in [1.54, 1.807) is 0 Å². The fraction of sp³-hybridized carbons (Fsp3) is 0.923. The summed E-state index contributed by atoms with van der Waals surface area (Å²) >= 11 is 0. The van der Waals surface area contributed by atoms with E-state index in [2.05, 4.69) is 13.8 Å². The van der Waals surface area contributed by atoms with Gasteiger partial charge in [-0.15, -0.1) is 0 Å². The van der Waals surface area contributed by atoms with Crippen LogP contribution >= 0.6 is 0 Å². The molecular formula is C13H23. The molecule has 1 atom stereocenters. The van der Waals surface area contributed by atoms with Crippen molar-refractivity contribution in [1.82, 2.24) is 0 Å². The standard InChI is InChI=1S/C13H23/c1-11(12-7-3-4-8-12)13(2)9-5-6-10-13/h11-12H,1,3-10H2,2H3. The first kappa shape index (κ1) is 9.55. The first-order valence-electron chi connectivity index (χ1n) is 6.05. The molecule has 0 nitrogen and oxygen atoms in total. The van der Waals surface area contributed by atoms with Crippen LogP contribution in [0, 0.1) is 24.2 Å².